The molecule has 118 valence electrons. The first-order valence-corrected chi connectivity index (χ1v) is 9.23. The van der Waals surface area contributed by atoms with Gasteiger partial charge < -0.3 is 10.6 Å². The van der Waals surface area contributed by atoms with E-state index in [1.807, 2.05) is 17.9 Å². The summed E-state index contributed by atoms with van der Waals surface area (Å²) in [6, 6.07) is 6.28. The number of halogens is 1. The van der Waals surface area contributed by atoms with Crippen LogP contribution >= 0.6 is 0 Å². The van der Waals surface area contributed by atoms with Crippen LogP contribution < -0.4 is 10.6 Å². The highest BCUT2D eigenvalue weighted by Crippen LogP contribution is 2.41. The van der Waals surface area contributed by atoms with Crippen molar-refractivity contribution in [2.24, 2.45) is 5.73 Å². The van der Waals surface area contributed by atoms with E-state index in [9.17, 15) is 12.8 Å². The smallest absolute Gasteiger partial charge is 0.152 e. The number of likely N-dealkylation sites (N-methyl/N-ethyl adjacent to an activating group) is 1. The largest absolute Gasteiger partial charge is 0.363 e. The molecule has 0 amide bonds. The van der Waals surface area contributed by atoms with Gasteiger partial charge in [0.25, 0.3) is 0 Å². The Balaban J connectivity index is 2.51. The van der Waals surface area contributed by atoms with Gasteiger partial charge in [-0.1, -0.05) is 6.07 Å². The lowest BCUT2D eigenvalue weighted by atomic mass is 9.93. The molecule has 2 rings (SSSR count). The van der Waals surface area contributed by atoms with Gasteiger partial charge >= 0.3 is 0 Å². The van der Waals surface area contributed by atoms with Crippen LogP contribution in [0.15, 0.2) is 24.3 Å². The fourth-order valence-electron chi connectivity index (χ4n) is 3.69. The minimum Gasteiger partial charge on any atom is -0.363 e. The molecule has 0 aromatic heterocycles. The lowest BCUT2D eigenvalue weighted by Crippen LogP contribution is -2.61. The summed E-state index contributed by atoms with van der Waals surface area (Å²) >= 11 is 0. The van der Waals surface area contributed by atoms with E-state index in [0.29, 0.717) is 25.1 Å². The Morgan fingerprint density at radius 2 is 2.19 bits per heavy atom. The molecule has 2 atom stereocenters. The molecule has 0 radical (unpaired) electrons. The van der Waals surface area contributed by atoms with E-state index in [-0.39, 0.29) is 12.4 Å². The molecular weight excluding hydrogens is 291 g/mol. The maximum absolute atomic E-state index is 13.5. The average molecular weight is 314 g/mol. The molecule has 1 saturated carbocycles. The Bertz CT molecular complexity index is 605. The molecular formula is C15H23FN2O2S. The predicted molar refractivity (Wildman–Crippen MR) is 83.7 cm³/mol. The molecule has 1 aromatic rings. The SMILES string of the molecule is CCN(c1cccc(F)c1)C1(CN)CCCC1S(C)(=O)=O. The zero-order chi connectivity index (χ0) is 15.7. The van der Waals surface area contributed by atoms with Crippen LogP contribution in [-0.4, -0.2) is 38.6 Å². The standard InChI is InChI=1S/C15H23FN2O2S/c1-3-18(13-7-4-6-12(16)10-13)15(11-17)9-5-8-14(15)21(2,19)20/h4,6-7,10,14H,3,5,8-9,11,17H2,1-2H3. The first kappa shape index (κ1) is 16.2. The summed E-state index contributed by atoms with van der Waals surface area (Å²) in [6.07, 6.45) is 3.42. The molecule has 1 aliphatic rings. The van der Waals surface area contributed by atoms with Gasteiger partial charge in [-0.3, -0.25) is 0 Å². The molecule has 21 heavy (non-hydrogen) atoms. The lowest BCUT2D eigenvalue weighted by Gasteiger charge is -2.45. The number of rotatable bonds is 5. The molecule has 6 heteroatoms. The van der Waals surface area contributed by atoms with Crippen molar-refractivity contribution in [3.8, 4) is 0 Å². The molecule has 2 N–H and O–H groups in total. The maximum atomic E-state index is 13.5. The maximum Gasteiger partial charge on any atom is 0.152 e. The third-order valence-corrected chi connectivity index (χ3v) is 6.23. The van der Waals surface area contributed by atoms with Gasteiger partial charge in [-0.25, -0.2) is 12.8 Å². The number of nitrogens with zero attached hydrogens (tertiary/aromatic N) is 1. The highest BCUT2D eigenvalue weighted by molar-refractivity contribution is 7.91. The third kappa shape index (κ3) is 2.92. The summed E-state index contributed by atoms with van der Waals surface area (Å²) in [5.74, 6) is -0.327. The Kier molecular flexibility index (Phi) is 4.58. The summed E-state index contributed by atoms with van der Waals surface area (Å²) in [7, 11) is -3.21. The Hall–Kier alpha value is -1.14. The van der Waals surface area contributed by atoms with Gasteiger partial charge in [0.15, 0.2) is 9.84 Å². The van der Waals surface area contributed by atoms with Crippen molar-refractivity contribution >= 4 is 15.5 Å². The first-order chi connectivity index (χ1) is 9.85. The summed E-state index contributed by atoms with van der Waals surface area (Å²) in [6.45, 7) is 2.78. The van der Waals surface area contributed by atoms with E-state index in [4.69, 9.17) is 5.73 Å². The molecule has 1 fully saturated rings. The van der Waals surface area contributed by atoms with Gasteiger partial charge in [0, 0.05) is 25.0 Å². The van der Waals surface area contributed by atoms with Gasteiger partial charge in [-0.05, 0) is 44.4 Å². The minimum absolute atomic E-state index is 0.245. The van der Waals surface area contributed by atoms with Gasteiger partial charge in [-0.2, -0.15) is 0 Å². The molecule has 0 bridgehead atoms. The van der Waals surface area contributed by atoms with Crippen LogP contribution in [0.1, 0.15) is 26.2 Å². The summed E-state index contributed by atoms with van der Waals surface area (Å²) < 4.78 is 37.9. The quantitative estimate of drug-likeness (QED) is 0.902. The first-order valence-electron chi connectivity index (χ1n) is 7.27. The Morgan fingerprint density at radius 1 is 1.48 bits per heavy atom. The second-order valence-corrected chi connectivity index (χ2v) is 7.97. The molecule has 0 saturated heterocycles. The van der Waals surface area contributed by atoms with Gasteiger partial charge in [0.1, 0.15) is 5.82 Å². The molecule has 0 heterocycles. The van der Waals surface area contributed by atoms with Crippen molar-refractivity contribution in [1.29, 1.82) is 0 Å². The molecule has 0 spiro atoms. The van der Waals surface area contributed by atoms with Gasteiger partial charge in [-0.15, -0.1) is 0 Å². The van der Waals surface area contributed by atoms with Crippen molar-refractivity contribution in [3.63, 3.8) is 0 Å². The van der Waals surface area contributed by atoms with E-state index in [1.165, 1.54) is 18.4 Å². The second-order valence-electron chi connectivity index (χ2n) is 5.74. The van der Waals surface area contributed by atoms with Crippen molar-refractivity contribution in [2.75, 3.05) is 24.2 Å². The van der Waals surface area contributed by atoms with Gasteiger partial charge in [0.2, 0.25) is 0 Å². The number of sulfone groups is 1. The van der Waals surface area contributed by atoms with E-state index in [1.54, 1.807) is 6.07 Å². The Labute approximate surface area is 126 Å². The number of benzene rings is 1. The van der Waals surface area contributed by atoms with Crippen LogP contribution in [0, 0.1) is 5.82 Å². The minimum atomic E-state index is -3.21. The van der Waals surface area contributed by atoms with Crippen molar-refractivity contribution in [2.45, 2.75) is 37.0 Å². The zero-order valence-corrected chi connectivity index (χ0v) is 13.4. The molecule has 0 aliphatic heterocycles. The fraction of sp³-hybridized carbons (Fsp3) is 0.600. The van der Waals surface area contributed by atoms with Crippen LogP contribution in [-0.2, 0) is 9.84 Å². The van der Waals surface area contributed by atoms with Crippen molar-refractivity contribution < 1.29 is 12.8 Å². The van der Waals surface area contributed by atoms with Crippen LogP contribution in [0.25, 0.3) is 0 Å². The number of hydrogen-bond donors (Lipinski definition) is 1. The third-order valence-electron chi connectivity index (χ3n) is 4.52. The predicted octanol–water partition coefficient (Wildman–Crippen LogP) is 1.95. The Morgan fingerprint density at radius 3 is 2.71 bits per heavy atom. The normalized spacial score (nSPS) is 26.0. The number of anilines is 1. The van der Waals surface area contributed by atoms with Crippen LogP contribution in [0.5, 0.6) is 0 Å². The average Bonchev–Trinajstić information content (AvgIpc) is 2.85. The zero-order valence-electron chi connectivity index (χ0n) is 12.5. The van der Waals surface area contributed by atoms with Crippen LogP contribution in [0.3, 0.4) is 0 Å². The second kappa shape index (κ2) is 5.93. The van der Waals surface area contributed by atoms with E-state index in [0.717, 1.165) is 6.42 Å². The summed E-state index contributed by atoms with van der Waals surface area (Å²) in [5, 5.41) is -0.502. The number of hydrogen-bond acceptors (Lipinski definition) is 4. The fourth-order valence-corrected chi connectivity index (χ4v) is 5.42. The highest BCUT2D eigenvalue weighted by atomic mass is 32.2. The molecule has 1 aromatic carbocycles. The summed E-state index contributed by atoms with van der Waals surface area (Å²) in [5.41, 5.74) is 6.06. The van der Waals surface area contributed by atoms with Crippen LogP contribution in [0.2, 0.25) is 0 Å². The van der Waals surface area contributed by atoms with Gasteiger partial charge in [0.05, 0.1) is 10.8 Å². The van der Waals surface area contributed by atoms with Crippen LogP contribution in [0.4, 0.5) is 10.1 Å². The molecule has 2 unspecified atom stereocenters. The molecule has 4 nitrogen and oxygen atoms in total. The highest BCUT2D eigenvalue weighted by Gasteiger charge is 2.50. The van der Waals surface area contributed by atoms with Crippen molar-refractivity contribution in [3.05, 3.63) is 30.1 Å². The van der Waals surface area contributed by atoms with E-state index < -0.39 is 20.6 Å². The van der Waals surface area contributed by atoms with E-state index in [2.05, 4.69) is 0 Å². The monoisotopic (exact) mass is 314 g/mol. The lowest BCUT2D eigenvalue weighted by molar-refractivity contribution is 0.405. The summed E-state index contributed by atoms with van der Waals surface area (Å²) in [4.78, 5) is 1.97. The molecule has 1 aliphatic carbocycles. The number of nitrogens with two attached hydrogens (primary N) is 1. The van der Waals surface area contributed by atoms with Crippen molar-refractivity contribution in [1.82, 2.24) is 0 Å². The topological polar surface area (TPSA) is 63.4 Å². The van der Waals surface area contributed by atoms with E-state index >= 15 is 0 Å².